The second kappa shape index (κ2) is 9.44. The van der Waals surface area contributed by atoms with E-state index >= 15 is 0 Å². The SMILES string of the molecule is COc1ccc(-n2nc(-c3ccco3)cc2C(=O)N2CCN(c3cccc(C(F)(F)F)c3)CC2)cc1. The number of piperazine rings is 1. The zero-order valence-electron chi connectivity index (χ0n) is 19.4. The van der Waals surface area contributed by atoms with Gasteiger partial charge in [-0.15, -0.1) is 0 Å². The molecule has 2 aromatic carbocycles. The average molecular weight is 496 g/mol. The summed E-state index contributed by atoms with van der Waals surface area (Å²) in [5.74, 6) is 0.987. The largest absolute Gasteiger partial charge is 0.497 e. The van der Waals surface area contributed by atoms with Crippen molar-refractivity contribution in [3.8, 4) is 22.9 Å². The molecule has 0 saturated carbocycles. The van der Waals surface area contributed by atoms with Crippen molar-refractivity contribution < 1.29 is 27.1 Å². The molecular weight excluding hydrogens is 473 g/mol. The lowest BCUT2D eigenvalue weighted by molar-refractivity contribution is -0.137. The first-order valence-electron chi connectivity index (χ1n) is 11.3. The summed E-state index contributed by atoms with van der Waals surface area (Å²) in [5.41, 5.74) is 1.35. The molecule has 7 nitrogen and oxygen atoms in total. The Labute approximate surface area is 205 Å². The minimum absolute atomic E-state index is 0.222. The van der Waals surface area contributed by atoms with Crippen molar-refractivity contribution in [1.82, 2.24) is 14.7 Å². The number of benzene rings is 2. The summed E-state index contributed by atoms with van der Waals surface area (Å²) in [6.07, 6.45) is -2.87. The lowest BCUT2D eigenvalue weighted by atomic mass is 10.1. The van der Waals surface area contributed by atoms with Crippen LogP contribution < -0.4 is 9.64 Å². The Hall–Kier alpha value is -4.21. The molecule has 0 radical (unpaired) electrons. The minimum atomic E-state index is -4.40. The highest BCUT2D eigenvalue weighted by atomic mass is 19.4. The standard InChI is InChI=1S/C26H23F3N4O3/c1-35-21-9-7-19(8-10-21)33-23(17-22(30-33)24-6-3-15-36-24)25(34)32-13-11-31(12-14-32)20-5-2-4-18(16-20)26(27,28)29/h2-10,15-17H,11-14H2,1H3. The summed E-state index contributed by atoms with van der Waals surface area (Å²) >= 11 is 0. The fraction of sp³-hybridized carbons (Fsp3) is 0.231. The molecular formula is C26H23F3N4O3. The number of rotatable bonds is 5. The van der Waals surface area contributed by atoms with Gasteiger partial charge in [-0.2, -0.15) is 18.3 Å². The molecule has 5 rings (SSSR count). The summed E-state index contributed by atoms with van der Waals surface area (Å²) in [5, 5.41) is 4.61. The van der Waals surface area contributed by atoms with Gasteiger partial charge in [0.15, 0.2) is 5.76 Å². The Balaban J connectivity index is 1.38. The number of carbonyl (C=O) groups is 1. The fourth-order valence-electron chi connectivity index (χ4n) is 4.21. The Morgan fingerprint density at radius 3 is 2.33 bits per heavy atom. The molecule has 0 unspecified atom stereocenters. The highest BCUT2D eigenvalue weighted by molar-refractivity contribution is 5.94. The Bertz CT molecular complexity index is 1340. The molecule has 36 heavy (non-hydrogen) atoms. The van der Waals surface area contributed by atoms with E-state index in [9.17, 15) is 18.0 Å². The van der Waals surface area contributed by atoms with E-state index in [0.29, 0.717) is 60.5 Å². The van der Waals surface area contributed by atoms with Crippen molar-refractivity contribution in [2.45, 2.75) is 6.18 Å². The number of furan rings is 1. The van der Waals surface area contributed by atoms with Gasteiger partial charge in [-0.05, 0) is 54.6 Å². The quantitative estimate of drug-likeness (QED) is 0.384. The van der Waals surface area contributed by atoms with Gasteiger partial charge >= 0.3 is 6.18 Å². The molecule has 0 N–H and O–H groups in total. The first-order chi connectivity index (χ1) is 17.3. The maximum Gasteiger partial charge on any atom is 0.416 e. The van der Waals surface area contributed by atoms with E-state index in [-0.39, 0.29) is 5.91 Å². The Kier molecular flexibility index (Phi) is 6.17. The third kappa shape index (κ3) is 4.66. The molecule has 0 spiro atoms. The van der Waals surface area contributed by atoms with E-state index in [1.54, 1.807) is 65.2 Å². The predicted molar refractivity (Wildman–Crippen MR) is 127 cm³/mol. The maximum absolute atomic E-state index is 13.6. The van der Waals surface area contributed by atoms with E-state index in [0.717, 1.165) is 12.1 Å². The number of halogens is 3. The second-order valence-electron chi connectivity index (χ2n) is 8.33. The van der Waals surface area contributed by atoms with Gasteiger partial charge in [0, 0.05) is 37.9 Å². The highest BCUT2D eigenvalue weighted by Gasteiger charge is 2.32. The van der Waals surface area contributed by atoms with Crippen molar-refractivity contribution in [2.75, 3.05) is 38.2 Å². The van der Waals surface area contributed by atoms with Crippen LogP contribution in [0.2, 0.25) is 0 Å². The van der Waals surface area contributed by atoms with Crippen LogP contribution in [0.5, 0.6) is 5.75 Å². The maximum atomic E-state index is 13.6. The number of alkyl halides is 3. The third-order valence-electron chi connectivity index (χ3n) is 6.12. The molecule has 3 heterocycles. The van der Waals surface area contributed by atoms with Crippen LogP contribution in [0.4, 0.5) is 18.9 Å². The van der Waals surface area contributed by atoms with Crippen molar-refractivity contribution in [3.63, 3.8) is 0 Å². The molecule has 1 saturated heterocycles. The second-order valence-corrected chi connectivity index (χ2v) is 8.33. The summed E-state index contributed by atoms with van der Waals surface area (Å²) in [6, 6.07) is 17.6. The zero-order valence-corrected chi connectivity index (χ0v) is 19.4. The van der Waals surface area contributed by atoms with Gasteiger partial charge < -0.3 is 19.0 Å². The molecule has 1 aliphatic rings. The number of amides is 1. The summed E-state index contributed by atoms with van der Waals surface area (Å²) < 4.78 is 51.6. The van der Waals surface area contributed by atoms with Crippen LogP contribution in [-0.4, -0.2) is 53.9 Å². The molecule has 1 amide bonds. The Morgan fingerprint density at radius 1 is 0.944 bits per heavy atom. The molecule has 0 aliphatic carbocycles. The van der Waals surface area contributed by atoms with E-state index in [1.807, 2.05) is 4.90 Å². The summed E-state index contributed by atoms with van der Waals surface area (Å²) in [7, 11) is 1.58. The van der Waals surface area contributed by atoms with Gasteiger partial charge in [0.25, 0.3) is 5.91 Å². The molecule has 1 fully saturated rings. The first-order valence-corrected chi connectivity index (χ1v) is 11.3. The smallest absolute Gasteiger partial charge is 0.416 e. The number of ether oxygens (including phenoxy) is 1. The molecule has 186 valence electrons. The topological polar surface area (TPSA) is 63.7 Å². The molecule has 0 bridgehead atoms. The van der Waals surface area contributed by atoms with Gasteiger partial charge in [0.1, 0.15) is 17.1 Å². The van der Waals surface area contributed by atoms with Crippen LogP contribution in [0.1, 0.15) is 16.1 Å². The van der Waals surface area contributed by atoms with Crippen LogP contribution in [0.25, 0.3) is 17.1 Å². The van der Waals surface area contributed by atoms with Crippen molar-refractivity contribution in [3.05, 3.63) is 84.3 Å². The van der Waals surface area contributed by atoms with Crippen molar-refractivity contribution in [1.29, 1.82) is 0 Å². The predicted octanol–water partition coefficient (Wildman–Crippen LogP) is 5.12. The van der Waals surface area contributed by atoms with Crippen LogP contribution in [0, 0.1) is 0 Å². The number of hydrogen-bond donors (Lipinski definition) is 0. The molecule has 0 atom stereocenters. The van der Waals surface area contributed by atoms with Crippen LogP contribution in [0.3, 0.4) is 0 Å². The van der Waals surface area contributed by atoms with Crippen LogP contribution >= 0.6 is 0 Å². The first kappa shape index (κ1) is 23.5. The van der Waals surface area contributed by atoms with E-state index in [4.69, 9.17) is 9.15 Å². The minimum Gasteiger partial charge on any atom is -0.497 e. The third-order valence-corrected chi connectivity index (χ3v) is 6.12. The van der Waals surface area contributed by atoms with E-state index in [2.05, 4.69) is 5.10 Å². The number of anilines is 1. The van der Waals surface area contributed by atoms with Crippen LogP contribution in [-0.2, 0) is 6.18 Å². The number of methoxy groups -OCH3 is 1. The summed E-state index contributed by atoms with van der Waals surface area (Å²) in [6.45, 7) is 1.54. The van der Waals surface area contributed by atoms with Gasteiger partial charge in [0.05, 0.1) is 24.6 Å². The van der Waals surface area contributed by atoms with Crippen molar-refractivity contribution >= 4 is 11.6 Å². The van der Waals surface area contributed by atoms with Gasteiger partial charge in [-0.1, -0.05) is 6.07 Å². The van der Waals surface area contributed by atoms with Gasteiger partial charge in [-0.25, -0.2) is 4.68 Å². The molecule has 2 aromatic heterocycles. The summed E-state index contributed by atoms with van der Waals surface area (Å²) in [4.78, 5) is 17.1. The monoisotopic (exact) mass is 496 g/mol. The average Bonchev–Trinajstić information content (AvgIpc) is 3.59. The molecule has 10 heteroatoms. The Morgan fingerprint density at radius 2 is 1.69 bits per heavy atom. The van der Waals surface area contributed by atoms with Crippen molar-refractivity contribution in [2.24, 2.45) is 0 Å². The number of carbonyl (C=O) groups excluding carboxylic acids is 1. The van der Waals surface area contributed by atoms with Gasteiger partial charge in [-0.3, -0.25) is 4.79 Å². The molecule has 4 aromatic rings. The number of hydrogen-bond acceptors (Lipinski definition) is 5. The highest BCUT2D eigenvalue weighted by Crippen LogP contribution is 2.32. The van der Waals surface area contributed by atoms with Crippen LogP contribution in [0.15, 0.2) is 77.4 Å². The number of aromatic nitrogens is 2. The van der Waals surface area contributed by atoms with E-state index in [1.165, 1.54) is 12.3 Å². The number of nitrogens with zero attached hydrogens (tertiary/aromatic N) is 4. The molecule has 1 aliphatic heterocycles. The van der Waals surface area contributed by atoms with Gasteiger partial charge in [0.2, 0.25) is 0 Å². The zero-order chi connectivity index (χ0) is 25.3. The van der Waals surface area contributed by atoms with E-state index < -0.39 is 11.7 Å². The normalized spacial score (nSPS) is 14.2. The lowest BCUT2D eigenvalue weighted by Crippen LogP contribution is -2.49. The fourth-order valence-corrected chi connectivity index (χ4v) is 4.21. The lowest BCUT2D eigenvalue weighted by Gasteiger charge is -2.36.